The molecular weight excluding hydrogens is 262 g/mol. The fourth-order valence-corrected chi connectivity index (χ4v) is 1.77. The number of furan rings is 1. The van der Waals surface area contributed by atoms with E-state index in [1.807, 2.05) is 0 Å². The number of pyridine rings is 1. The Hall–Kier alpha value is -2.41. The molecule has 2 N–H and O–H groups in total. The van der Waals surface area contributed by atoms with Crippen molar-refractivity contribution in [3.63, 3.8) is 0 Å². The minimum absolute atomic E-state index is 0.0339. The highest BCUT2D eigenvalue weighted by molar-refractivity contribution is 5.47. The molecule has 0 aliphatic rings. The van der Waals surface area contributed by atoms with E-state index in [2.05, 4.69) is 10.3 Å². The van der Waals surface area contributed by atoms with Crippen LogP contribution in [0, 0.1) is 17.0 Å². The molecule has 0 aliphatic carbocycles. The molecule has 0 spiro atoms. The fraction of sp³-hybridized carbons (Fsp3) is 0.308. The van der Waals surface area contributed by atoms with Gasteiger partial charge in [0.2, 0.25) is 0 Å². The van der Waals surface area contributed by atoms with Crippen molar-refractivity contribution in [2.45, 2.75) is 19.4 Å². The van der Waals surface area contributed by atoms with Crippen LogP contribution < -0.4 is 5.32 Å². The molecule has 0 aromatic carbocycles. The van der Waals surface area contributed by atoms with Gasteiger partial charge in [-0.15, -0.1) is 0 Å². The van der Waals surface area contributed by atoms with E-state index in [0.29, 0.717) is 17.1 Å². The van der Waals surface area contributed by atoms with Crippen molar-refractivity contribution in [1.29, 1.82) is 0 Å². The van der Waals surface area contributed by atoms with Gasteiger partial charge in [0.25, 0.3) is 5.69 Å². The third-order valence-corrected chi connectivity index (χ3v) is 2.95. The Kier molecular flexibility index (Phi) is 3.71. The van der Waals surface area contributed by atoms with Gasteiger partial charge in [-0.25, -0.2) is 4.98 Å². The normalized spacial score (nSPS) is 13.8. The van der Waals surface area contributed by atoms with Gasteiger partial charge in [0.1, 0.15) is 23.4 Å². The maximum absolute atomic E-state index is 10.7. The van der Waals surface area contributed by atoms with Crippen molar-refractivity contribution in [2.75, 3.05) is 11.9 Å². The monoisotopic (exact) mass is 277 g/mol. The summed E-state index contributed by atoms with van der Waals surface area (Å²) in [5.41, 5.74) is -0.723. The number of hydrogen-bond donors (Lipinski definition) is 2. The summed E-state index contributed by atoms with van der Waals surface area (Å²) in [5, 5.41) is 23.9. The summed E-state index contributed by atoms with van der Waals surface area (Å²) in [6.07, 6.45) is 2.68. The van der Waals surface area contributed by atoms with Crippen molar-refractivity contribution < 1.29 is 14.4 Å². The van der Waals surface area contributed by atoms with Crippen molar-refractivity contribution in [2.24, 2.45) is 0 Å². The molecule has 0 saturated heterocycles. The minimum Gasteiger partial charge on any atom is -0.466 e. The van der Waals surface area contributed by atoms with Crippen LogP contribution in [0.3, 0.4) is 0 Å². The van der Waals surface area contributed by atoms with Gasteiger partial charge in [0.15, 0.2) is 0 Å². The Morgan fingerprint density at radius 1 is 1.60 bits per heavy atom. The van der Waals surface area contributed by atoms with Crippen LogP contribution in [0.15, 0.2) is 35.1 Å². The molecule has 106 valence electrons. The number of aliphatic hydroxyl groups is 1. The van der Waals surface area contributed by atoms with E-state index in [1.165, 1.54) is 12.5 Å². The van der Waals surface area contributed by atoms with E-state index >= 15 is 0 Å². The van der Waals surface area contributed by atoms with Crippen molar-refractivity contribution in [1.82, 2.24) is 4.98 Å². The summed E-state index contributed by atoms with van der Waals surface area (Å²) in [6, 6.07) is 4.94. The molecule has 7 nitrogen and oxygen atoms in total. The average molecular weight is 277 g/mol. The Balaban J connectivity index is 2.08. The SMILES string of the molecule is Cc1cc(NCC(C)(O)c2ccco2)ncc1[N+](=O)[O-]. The smallest absolute Gasteiger partial charge is 0.290 e. The van der Waals surface area contributed by atoms with Crippen molar-refractivity contribution >= 4 is 11.5 Å². The van der Waals surface area contributed by atoms with Gasteiger partial charge in [-0.1, -0.05) is 0 Å². The van der Waals surface area contributed by atoms with Crippen LogP contribution in [-0.4, -0.2) is 21.6 Å². The Morgan fingerprint density at radius 3 is 2.90 bits per heavy atom. The van der Waals surface area contributed by atoms with E-state index in [1.54, 1.807) is 32.0 Å². The highest BCUT2D eigenvalue weighted by Crippen LogP contribution is 2.23. The molecule has 2 aromatic rings. The van der Waals surface area contributed by atoms with Crippen LogP contribution in [0.4, 0.5) is 11.5 Å². The summed E-state index contributed by atoms with van der Waals surface area (Å²) in [5.74, 6) is 0.892. The molecule has 0 amide bonds. The first-order valence-electron chi connectivity index (χ1n) is 6.01. The maximum Gasteiger partial charge on any atom is 0.290 e. The number of rotatable bonds is 5. The van der Waals surface area contributed by atoms with E-state index in [0.717, 1.165) is 0 Å². The van der Waals surface area contributed by atoms with Crippen LogP contribution in [0.5, 0.6) is 0 Å². The molecule has 0 bridgehead atoms. The number of aryl methyl sites for hydroxylation is 1. The predicted octanol–water partition coefficient (Wildman–Crippen LogP) is 2.21. The lowest BCUT2D eigenvalue weighted by Crippen LogP contribution is -2.30. The van der Waals surface area contributed by atoms with Crippen LogP contribution >= 0.6 is 0 Å². The topological polar surface area (TPSA) is 101 Å². The van der Waals surface area contributed by atoms with Gasteiger partial charge in [0, 0.05) is 5.56 Å². The highest BCUT2D eigenvalue weighted by atomic mass is 16.6. The average Bonchev–Trinajstić information content (AvgIpc) is 2.90. The highest BCUT2D eigenvalue weighted by Gasteiger charge is 2.26. The number of nitrogens with one attached hydrogen (secondary N) is 1. The molecule has 0 radical (unpaired) electrons. The summed E-state index contributed by atoms with van der Waals surface area (Å²) in [7, 11) is 0. The molecule has 7 heteroatoms. The Labute approximate surface area is 115 Å². The first-order valence-corrected chi connectivity index (χ1v) is 6.01. The lowest BCUT2D eigenvalue weighted by atomic mass is 10.0. The van der Waals surface area contributed by atoms with Gasteiger partial charge in [-0.05, 0) is 32.0 Å². The predicted molar refractivity (Wildman–Crippen MR) is 72.4 cm³/mol. The van der Waals surface area contributed by atoms with E-state index in [-0.39, 0.29) is 12.2 Å². The molecule has 1 atom stereocenters. The number of nitro groups is 1. The Morgan fingerprint density at radius 2 is 2.35 bits per heavy atom. The third kappa shape index (κ3) is 2.94. The van der Waals surface area contributed by atoms with Crippen molar-refractivity contribution in [3.8, 4) is 0 Å². The lowest BCUT2D eigenvalue weighted by molar-refractivity contribution is -0.385. The molecule has 20 heavy (non-hydrogen) atoms. The second kappa shape index (κ2) is 5.30. The second-order valence-electron chi connectivity index (χ2n) is 4.72. The van der Waals surface area contributed by atoms with Gasteiger partial charge >= 0.3 is 0 Å². The molecular formula is C13H15N3O4. The standard InChI is InChI=1S/C13H15N3O4/c1-9-6-12(14-7-10(9)16(18)19)15-8-13(2,17)11-4-3-5-20-11/h3-7,17H,8H2,1-2H3,(H,14,15). The largest absolute Gasteiger partial charge is 0.466 e. The number of aromatic nitrogens is 1. The molecule has 0 fully saturated rings. The summed E-state index contributed by atoms with van der Waals surface area (Å²) in [6.45, 7) is 3.41. The quantitative estimate of drug-likeness (QED) is 0.641. The molecule has 2 aromatic heterocycles. The molecule has 2 heterocycles. The van der Waals surface area contributed by atoms with E-state index < -0.39 is 10.5 Å². The summed E-state index contributed by atoms with van der Waals surface area (Å²) in [4.78, 5) is 14.2. The number of hydrogen-bond acceptors (Lipinski definition) is 6. The molecule has 1 unspecified atom stereocenters. The van der Waals surface area contributed by atoms with Crippen LogP contribution in [0.2, 0.25) is 0 Å². The Bertz CT molecular complexity index is 608. The van der Waals surface area contributed by atoms with E-state index in [9.17, 15) is 15.2 Å². The van der Waals surface area contributed by atoms with Crippen LogP contribution in [-0.2, 0) is 5.60 Å². The minimum atomic E-state index is -1.19. The molecule has 2 rings (SSSR count). The number of nitrogens with zero attached hydrogens (tertiary/aromatic N) is 2. The summed E-state index contributed by atoms with van der Waals surface area (Å²) < 4.78 is 5.16. The van der Waals surface area contributed by atoms with E-state index in [4.69, 9.17) is 4.42 Å². The summed E-state index contributed by atoms with van der Waals surface area (Å²) >= 11 is 0. The van der Waals surface area contributed by atoms with Crippen molar-refractivity contribution in [3.05, 3.63) is 52.1 Å². The maximum atomic E-state index is 10.7. The lowest BCUT2D eigenvalue weighted by Gasteiger charge is -2.21. The third-order valence-electron chi connectivity index (χ3n) is 2.95. The number of anilines is 1. The van der Waals surface area contributed by atoms with Crippen LogP contribution in [0.1, 0.15) is 18.2 Å². The van der Waals surface area contributed by atoms with Gasteiger partial charge in [-0.2, -0.15) is 0 Å². The fourth-order valence-electron chi connectivity index (χ4n) is 1.77. The first kappa shape index (κ1) is 14.0. The van der Waals surface area contributed by atoms with Gasteiger partial charge in [0.05, 0.1) is 17.7 Å². The van der Waals surface area contributed by atoms with Gasteiger partial charge in [-0.3, -0.25) is 10.1 Å². The zero-order chi connectivity index (χ0) is 14.8. The second-order valence-corrected chi connectivity index (χ2v) is 4.72. The molecule has 0 aliphatic heterocycles. The zero-order valence-electron chi connectivity index (χ0n) is 11.2. The van der Waals surface area contributed by atoms with Crippen LogP contribution in [0.25, 0.3) is 0 Å². The zero-order valence-corrected chi connectivity index (χ0v) is 11.2. The first-order chi connectivity index (χ1) is 9.40. The molecule has 0 saturated carbocycles. The van der Waals surface area contributed by atoms with Gasteiger partial charge < -0.3 is 14.8 Å².